The fourth-order valence-electron chi connectivity index (χ4n) is 3.41. The summed E-state index contributed by atoms with van der Waals surface area (Å²) >= 11 is 1.47. The molecule has 3 rings (SSSR count). The number of rotatable bonds is 11. The van der Waals surface area contributed by atoms with Gasteiger partial charge in [0.25, 0.3) is 0 Å². The number of carboxylic acids is 1. The van der Waals surface area contributed by atoms with Crippen LogP contribution in [0.25, 0.3) is 22.5 Å². The molecule has 1 N–H and O–H groups in total. The molecule has 0 radical (unpaired) electrons. The van der Waals surface area contributed by atoms with E-state index >= 15 is 0 Å². The standard InChI is InChI=1S/C25H29N3O2S.Na.H/c1-19(2)28(15-9-10-16-31-18-23(29)30)22-17-26-24(20-11-5-3-6-12-20)25(27-22)21-13-7-4-8-14-21;;/h3-8,11-14,17,19H,9-10,15-16,18H2,1-2H3,(H,29,30);;. The predicted molar refractivity (Wildman–Crippen MR) is 137 cm³/mol. The van der Waals surface area contributed by atoms with Crippen LogP contribution in [0.3, 0.4) is 0 Å². The maximum atomic E-state index is 10.6. The zero-order chi connectivity index (χ0) is 22.1. The van der Waals surface area contributed by atoms with Crippen LogP contribution in [0.15, 0.2) is 66.9 Å². The molecule has 0 atom stereocenters. The summed E-state index contributed by atoms with van der Waals surface area (Å²) in [6.45, 7) is 5.18. The average Bonchev–Trinajstić information content (AvgIpc) is 2.79. The molecule has 0 spiro atoms. The van der Waals surface area contributed by atoms with Gasteiger partial charge in [-0.3, -0.25) is 9.78 Å². The number of carboxylic acid groups (broad SMARTS) is 1. The normalized spacial score (nSPS) is 10.6. The number of hydrogen-bond acceptors (Lipinski definition) is 5. The van der Waals surface area contributed by atoms with Crippen LogP contribution < -0.4 is 4.90 Å². The van der Waals surface area contributed by atoms with Gasteiger partial charge in [0, 0.05) is 23.7 Å². The SMILES string of the molecule is CC(C)N(CCCCSCC(=O)O)c1cnc(-c2ccccc2)c(-c2ccccc2)n1.[NaH]. The Balaban J connectivity index is 0.00000363. The van der Waals surface area contributed by atoms with Crippen molar-refractivity contribution in [2.75, 3.05) is 23.0 Å². The summed E-state index contributed by atoms with van der Waals surface area (Å²) in [6, 6.07) is 20.6. The Hall–Kier alpha value is -1.86. The number of thioether (sulfide) groups is 1. The topological polar surface area (TPSA) is 66.3 Å². The molecule has 5 nitrogen and oxygen atoms in total. The van der Waals surface area contributed by atoms with Crippen molar-refractivity contribution in [2.24, 2.45) is 0 Å². The number of aromatic nitrogens is 2. The Morgan fingerprint density at radius 2 is 1.56 bits per heavy atom. The van der Waals surface area contributed by atoms with Gasteiger partial charge in [-0.2, -0.15) is 11.8 Å². The van der Waals surface area contributed by atoms with Crippen molar-refractivity contribution in [3.63, 3.8) is 0 Å². The van der Waals surface area contributed by atoms with Crippen LogP contribution >= 0.6 is 11.8 Å². The molecule has 1 heterocycles. The fourth-order valence-corrected chi connectivity index (χ4v) is 4.13. The van der Waals surface area contributed by atoms with E-state index in [0.29, 0.717) is 0 Å². The summed E-state index contributed by atoms with van der Waals surface area (Å²) < 4.78 is 0. The van der Waals surface area contributed by atoms with Crippen molar-refractivity contribution in [3.8, 4) is 22.5 Å². The minimum absolute atomic E-state index is 0. The van der Waals surface area contributed by atoms with Gasteiger partial charge in [0.2, 0.25) is 0 Å². The van der Waals surface area contributed by atoms with Crippen LogP contribution in [-0.2, 0) is 4.79 Å². The van der Waals surface area contributed by atoms with Gasteiger partial charge in [0.15, 0.2) is 0 Å². The van der Waals surface area contributed by atoms with Gasteiger partial charge in [0.05, 0.1) is 23.3 Å². The van der Waals surface area contributed by atoms with E-state index in [1.807, 2.05) is 42.6 Å². The van der Waals surface area contributed by atoms with Crippen molar-refractivity contribution in [1.82, 2.24) is 9.97 Å². The van der Waals surface area contributed by atoms with Crippen molar-refractivity contribution < 1.29 is 9.90 Å². The van der Waals surface area contributed by atoms with E-state index in [2.05, 4.69) is 43.0 Å². The number of hydrogen-bond donors (Lipinski definition) is 1. The second kappa shape index (κ2) is 13.6. The van der Waals surface area contributed by atoms with Gasteiger partial charge < -0.3 is 10.0 Å². The molecule has 32 heavy (non-hydrogen) atoms. The van der Waals surface area contributed by atoms with E-state index in [1.54, 1.807) is 0 Å². The Labute approximate surface area is 217 Å². The van der Waals surface area contributed by atoms with Crippen LogP contribution in [0.5, 0.6) is 0 Å². The monoisotopic (exact) mass is 459 g/mol. The molecule has 0 aliphatic heterocycles. The van der Waals surface area contributed by atoms with Gasteiger partial charge >= 0.3 is 35.5 Å². The Kier molecular flexibility index (Phi) is 11.2. The molecular weight excluding hydrogens is 429 g/mol. The summed E-state index contributed by atoms with van der Waals surface area (Å²) in [6.07, 6.45) is 3.82. The number of carbonyl (C=O) groups is 1. The average molecular weight is 460 g/mol. The fraction of sp³-hybridized carbons (Fsp3) is 0.320. The molecule has 0 saturated carbocycles. The molecule has 0 fully saturated rings. The maximum absolute atomic E-state index is 10.6. The Bertz CT molecular complexity index is 971. The number of nitrogens with zero attached hydrogens (tertiary/aromatic N) is 3. The minimum atomic E-state index is -0.754. The molecular formula is C25H30N3NaO2S. The van der Waals surface area contributed by atoms with Crippen LogP contribution in [0.4, 0.5) is 5.82 Å². The summed E-state index contributed by atoms with van der Waals surface area (Å²) in [5.74, 6) is 1.13. The molecule has 0 unspecified atom stereocenters. The third kappa shape index (κ3) is 7.62. The van der Waals surface area contributed by atoms with E-state index in [-0.39, 0.29) is 41.4 Å². The first-order valence-electron chi connectivity index (χ1n) is 10.6. The molecule has 164 valence electrons. The van der Waals surface area contributed by atoms with Crippen LogP contribution in [0, 0.1) is 0 Å². The molecule has 0 saturated heterocycles. The van der Waals surface area contributed by atoms with Crippen molar-refractivity contribution in [1.29, 1.82) is 0 Å². The van der Waals surface area contributed by atoms with Crippen molar-refractivity contribution in [3.05, 3.63) is 66.9 Å². The summed E-state index contributed by atoms with van der Waals surface area (Å²) in [5.41, 5.74) is 3.85. The van der Waals surface area contributed by atoms with Crippen LogP contribution in [0.1, 0.15) is 26.7 Å². The molecule has 7 heteroatoms. The second-order valence-corrected chi connectivity index (χ2v) is 8.70. The quantitative estimate of drug-likeness (QED) is 0.322. The molecule has 2 aromatic carbocycles. The molecule has 1 aromatic heterocycles. The van der Waals surface area contributed by atoms with Gasteiger partial charge in [-0.1, -0.05) is 60.7 Å². The van der Waals surface area contributed by atoms with Gasteiger partial charge in [-0.25, -0.2) is 4.98 Å². The zero-order valence-corrected chi connectivity index (χ0v) is 18.9. The molecule has 0 amide bonds. The predicted octanol–water partition coefficient (Wildman–Crippen LogP) is 4.97. The van der Waals surface area contributed by atoms with Crippen LogP contribution in [0.2, 0.25) is 0 Å². The summed E-state index contributed by atoms with van der Waals surface area (Å²) in [7, 11) is 0. The Morgan fingerprint density at radius 1 is 0.969 bits per heavy atom. The third-order valence-corrected chi connectivity index (χ3v) is 5.96. The van der Waals surface area contributed by atoms with Gasteiger partial charge in [-0.15, -0.1) is 0 Å². The van der Waals surface area contributed by atoms with Crippen molar-refractivity contribution in [2.45, 2.75) is 32.7 Å². The van der Waals surface area contributed by atoms with Gasteiger partial charge in [0.1, 0.15) is 5.82 Å². The summed E-state index contributed by atoms with van der Waals surface area (Å²) in [4.78, 5) is 22.8. The van der Waals surface area contributed by atoms with E-state index < -0.39 is 5.97 Å². The molecule has 0 aliphatic carbocycles. The second-order valence-electron chi connectivity index (χ2n) is 7.60. The van der Waals surface area contributed by atoms with E-state index in [1.165, 1.54) is 11.8 Å². The molecule has 0 bridgehead atoms. The van der Waals surface area contributed by atoms with Crippen LogP contribution in [-0.4, -0.2) is 74.7 Å². The van der Waals surface area contributed by atoms with Crippen molar-refractivity contribution >= 4 is 53.1 Å². The molecule has 3 aromatic rings. The summed E-state index contributed by atoms with van der Waals surface area (Å²) in [5, 5.41) is 8.76. The number of unbranched alkanes of at least 4 members (excludes halogenated alkanes) is 1. The number of aliphatic carboxylic acids is 1. The number of anilines is 1. The third-order valence-electron chi connectivity index (χ3n) is 4.94. The van der Waals surface area contributed by atoms with Gasteiger partial charge in [-0.05, 0) is 32.4 Å². The first-order chi connectivity index (χ1) is 15.1. The molecule has 0 aliphatic rings. The first kappa shape index (κ1) is 26.4. The Morgan fingerprint density at radius 3 is 2.12 bits per heavy atom. The van der Waals surface area contributed by atoms with E-state index in [4.69, 9.17) is 15.1 Å². The number of benzene rings is 2. The zero-order valence-electron chi connectivity index (χ0n) is 18.1. The van der Waals surface area contributed by atoms with E-state index in [0.717, 1.165) is 53.5 Å². The first-order valence-corrected chi connectivity index (χ1v) is 11.8. The van der Waals surface area contributed by atoms with E-state index in [9.17, 15) is 4.79 Å².